The van der Waals surface area contributed by atoms with E-state index in [4.69, 9.17) is 5.73 Å². The van der Waals surface area contributed by atoms with E-state index >= 15 is 0 Å². The molecular weight excluding hydrogens is 371 g/mol. The Labute approximate surface area is 111 Å². The molecular formula is C10H12BrIN2O. The maximum absolute atomic E-state index is 11.8. The molecule has 1 atom stereocenters. The summed E-state index contributed by atoms with van der Waals surface area (Å²) in [6.07, 6.45) is 0. The van der Waals surface area contributed by atoms with Gasteiger partial charge in [0.2, 0.25) is 0 Å². The summed E-state index contributed by atoms with van der Waals surface area (Å²) >= 11 is 5.52. The van der Waals surface area contributed by atoms with Gasteiger partial charge in [-0.15, -0.1) is 0 Å². The van der Waals surface area contributed by atoms with Crippen LogP contribution in [0.2, 0.25) is 0 Å². The lowest BCUT2D eigenvalue weighted by molar-refractivity contribution is 0.0940. The average Bonchev–Trinajstić information content (AvgIpc) is 2.21. The minimum Gasteiger partial charge on any atom is -0.348 e. The molecule has 3 nitrogen and oxygen atoms in total. The van der Waals surface area contributed by atoms with Gasteiger partial charge in [0.05, 0.1) is 5.56 Å². The number of nitrogens with two attached hydrogens (primary N) is 1. The predicted molar refractivity (Wildman–Crippen MR) is 72.8 cm³/mol. The Morgan fingerprint density at radius 3 is 2.93 bits per heavy atom. The molecule has 82 valence electrons. The van der Waals surface area contributed by atoms with Crippen molar-refractivity contribution >= 4 is 44.4 Å². The Morgan fingerprint density at radius 1 is 1.67 bits per heavy atom. The van der Waals surface area contributed by atoms with Crippen LogP contribution in [0.4, 0.5) is 0 Å². The number of hydrogen-bond donors (Lipinski definition) is 2. The normalized spacial score (nSPS) is 12.3. The van der Waals surface area contributed by atoms with Gasteiger partial charge in [-0.05, 0) is 63.6 Å². The molecule has 0 aromatic heterocycles. The SMILES string of the molecule is C[C@H](CN)NC(=O)c1cc(I)ccc1Br. The van der Waals surface area contributed by atoms with E-state index < -0.39 is 0 Å². The van der Waals surface area contributed by atoms with Crippen LogP contribution in [0.5, 0.6) is 0 Å². The van der Waals surface area contributed by atoms with Crippen LogP contribution >= 0.6 is 38.5 Å². The van der Waals surface area contributed by atoms with Crippen molar-refractivity contribution in [1.82, 2.24) is 5.32 Å². The molecule has 0 bridgehead atoms. The van der Waals surface area contributed by atoms with Gasteiger partial charge in [0.15, 0.2) is 0 Å². The third kappa shape index (κ3) is 3.73. The number of benzene rings is 1. The molecule has 0 heterocycles. The summed E-state index contributed by atoms with van der Waals surface area (Å²) in [7, 11) is 0. The zero-order chi connectivity index (χ0) is 11.4. The molecule has 0 aliphatic carbocycles. The summed E-state index contributed by atoms with van der Waals surface area (Å²) in [5, 5.41) is 2.82. The minimum atomic E-state index is -0.0988. The van der Waals surface area contributed by atoms with E-state index in [1.165, 1.54) is 0 Å². The summed E-state index contributed by atoms with van der Waals surface area (Å²) in [5.74, 6) is -0.0988. The third-order valence-electron chi connectivity index (χ3n) is 1.90. The van der Waals surface area contributed by atoms with Crippen LogP contribution in [0, 0.1) is 3.57 Å². The van der Waals surface area contributed by atoms with Crippen LogP contribution in [-0.4, -0.2) is 18.5 Å². The molecule has 3 N–H and O–H groups in total. The molecule has 0 saturated carbocycles. The standard InChI is InChI=1S/C10H12BrIN2O/c1-6(5-13)14-10(15)8-4-7(12)2-3-9(8)11/h2-4,6H,5,13H2,1H3,(H,14,15)/t6-/m1/s1. The number of carbonyl (C=O) groups is 1. The lowest BCUT2D eigenvalue weighted by Crippen LogP contribution is -2.37. The van der Waals surface area contributed by atoms with E-state index in [9.17, 15) is 4.79 Å². The zero-order valence-electron chi connectivity index (χ0n) is 8.26. The molecule has 15 heavy (non-hydrogen) atoms. The molecule has 1 aromatic rings. The molecule has 0 fully saturated rings. The van der Waals surface area contributed by atoms with Crippen molar-refractivity contribution in [3.63, 3.8) is 0 Å². The predicted octanol–water partition coefficient (Wildman–Crippen LogP) is 2.13. The summed E-state index contributed by atoms with van der Waals surface area (Å²) in [5.41, 5.74) is 6.08. The molecule has 5 heteroatoms. The number of nitrogens with one attached hydrogen (secondary N) is 1. The monoisotopic (exact) mass is 382 g/mol. The molecule has 0 unspecified atom stereocenters. The van der Waals surface area contributed by atoms with Crippen molar-refractivity contribution in [2.75, 3.05) is 6.54 Å². The van der Waals surface area contributed by atoms with Gasteiger partial charge < -0.3 is 11.1 Å². The van der Waals surface area contributed by atoms with Crippen LogP contribution in [0.25, 0.3) is 0 Å². The summed E-state index contributed by atoms with van der Waals surface area (Å²) < 4.78 is 1.82. The van der Waals surface area contributed by atoms with Gasteiger partial charge in [-0.1, -0.05) is 0 Å². The first kappa shape index (κ1) is 12.9. The minimum absolute atomic E-state index is 0.0118. The Balaban J connectivity index is 2.86. The average molecular weight is 383 g/mol. The molecule has 1 amide bonds. The fourth-order valence-electron chi connectivity index (χ4n) is 1.03. The van der Waals surface area contributed by atoms with Gasteiger partial charge >= 0.3 is 0 Å². The lowest BCUT2D eigenvalue weighted by Gasteiger charge is -2.12. The van der Waals surface area contributed by atoms with Crippen LogP contribution in [0.15, 0.2) is 22.7 Å². The lowest BCUT2D eigenvalue weighted by atomic mass is 10.2. The van der Waals surface area contributed by atoms with Crippen molar-refractivity contribution in [1.29, 1.82) is 0 Å². The fraction of sp³-hybridized carbons (Fsp3) is 0.300. The molecule has 0 aliphatic heterocycles. The highest BCUT2D eigenvalue weighted by Crippen LogP contribution is 2.19. The number of hydrogen-bond acceptors (Lipinski definition) is 2. The second-order valence-electron chi connectivity index (χ2n) is 3.23. The van der Waals surface area contributed by atoms with Crippen molar-refractivity contribution in [3.05, 3.63) is 31.8 Å². The second-order valence-corrected chi connectivity index (χ2v) is 5.33. The van der Waals surface area contributed by atoms with Gasteiger partial charge in [-0.3, -0.25) is 4.79 Å². The zero-order valence-corrected chi connectivity index (χ0v) is 12.0. The molecule has 0 spiro atoms. The Hall–Kier alpha value is -0.140. The second kappa shape index (κ2) is 5.81. The third-order valence-corrected chi connectivity index (χ3v) is 3.27. The highest BCUT2D eigenvalue weighted by atomic mass is 127. The molecule has 1 aromatic carbocycles. The molecule has 0 saturated heterocycles. The largest absolute Gasteiger partial charge is 0.348 e. The number of halogens is 2. The van der Waals surface area contributed by atoms with Crippen LogP contribution in [0.1, 0.15) is 17.3 Å². The highest BCUT2D eigenvalue weighted by Gasteiger charge is 2.12. The first-order valence-electron chi connectivity index (χ1n) is 4.50. The van der Waals surface area contributed by atoms with E-state index in [-0.39, 0.29) is 11.9 Å². The molecule has 0 radical (unpaired) electrons. The summed E-state index contributed by atoms with van der Waals surface area (Å²) in [6.45, 7) is 2.31. The van der Waals surface area contributed by atoms with E-state index in [1.807, 2.05) is 25.1 Å². The van der Waals surface area contributed by atoms with Gasteiger partial charge in [-0.2, -0.15) is 0 Å². The Kier molecular flexibility index (Phi) is 5.01. The first-order valence-corrected chi connectivity index (χ1v) is 6.37. The Morgan fingerprint density at radius 2 is 2.33 bits per heavy atom. The van der Waals surface area contributed by atoms with E-state index in [0.717, 1.165) is 8.04 Å². The van der Waals surface area contributed by atoms with Crippen LogP contribution in [-0.2, 0) is 0 Å². The summed E-state index contributed by atoms with van der Waals surface area (Å²) in [4.78, 5) is 11.8. The molecule has 0 aliphatic rings. The van der Waals surface area contributed by atoms with Gasteiger partial charge in [0, 0.05) is 20.6 Å². The maximum Gasteiger partial charge on any atom is 0.252 e. The van der Waals surface area contributed by atoms with Crippen molar-refractivity contribution in [3.8, 4) is 0 Å². The van der Waals surface area contributed by atoms with Gasteiger partial charge in [0.25, 0.3) is 5.91 Å². The van der Waals surface area contributed by atoms with Crippen LogP contribution < -0.4 is 11.1 Å². The van der Waals surface area contributed by atoms with Gasteiger partial charge in [0.1, 0.15) is 0 Å². The van der Waals surface area contributed by atoms with E-state index in [1.54, 1.807) is 0 Å². The fourth-order valence-corrected chi connectivity index (χ4v) is 1.95. The van der Waals surface area contributed by atoms with E-state index in [2.05, 4.69) is 43.8 Å². The number of carbonyl (C=O) groups excluding carboxylic acids is 1. The van der Waals surface area contributed by atoms with Crippen LogP contribution in [0.3, 0.4) is 0 Å². The first-order chi connectivity index (χ1) is 7.04. The number of rotatable bonds is 3. The topological polar surface area (TPSA) is 55.1 Å². The highest BCUT2D eigenvalue weighted by molar-refractivity contribution is 14.1. The smallest absolute Gasteiger partial charge is 0.252 e. The number of amides is 1. The van der Waals surface area contributed by atoms with E-state index in [0.29, 0.717) is 12.1 Å². The maximum atomic E-state index is 11.8. The summed E-state index contributed by atoms with van der Waals surface area (Å²) in [6, 6.07) is 5.63. The van der Waals surface area contributed by atoms with Gasteiger partial charge in [-0.25, -0.2) is 0 Å². The Bertz CT molecular complexity index is 370. The molecule has 1 rings (SSSR count). The van der Waals surface area contributed by atoms with Crippen molar-refractivity contribution in [2.45, 2.75) is 13.0 Å². The quantitative estimate of drug-likeness (QED) is 0.787. The van der Waals surface area contributed by atoms with Crippen molar-refractivity contribution < 1.29 is 4.79 Å². The van der Waals surface area contributed by atoms with Crippen molar-refractivity contribution in [2.24, 2.45) is 5.73 Å².